The zero-order valence-corrected chi connectivity index (χ0v) is 14.6. The second-order valence-corrected chi connectivity index (χ2v) is 6.69. The molecule has 0 saturated heterocycles. The van der Waals surface area contributed by atoms with Crippen molar-refractivity contribution in [1.29, 1.82) is 0 Å². The first-order valence-corrected chi connectivity index (χ1v) is 8.40. The van der Waals surface area contributed by atoms with Gasteiger partial charge in [-0.25, -0.2) is 9.37 Å². The summed E-state index contributed by atoms with van der Waals surface area (Å²) in [6, 6.07) is 6.79. The molecule has 6 nitrogen and oxygen atoms in total. The topological polar surface area (TPSA) is 84.0 Å². The molecule has 0 aliphatic heterocycles. The summed E-state index contributed by atoms with van der Waals surface area (Å²) in [5, 5.41) is 14.4. The molecule has 0 spiro atoms. The molecule has 8 heteroatoms. The van der Waals surface area contributed by atoms with Gasteiger partial charge >= 0.3 is 0 Å². The van der Waals surface area contributed by atoms with Gasteiger partial charge in [0.1, 0.15) is 22.7 Å². The number of H-pyrrole nitrogens is 1. The van der Waals surface area contributed by atoms with Gasteiger partial charge in [0, 0.05) is 36.3 Å². The van der Waals surface area contributed by atoms with Crippen LogP contribution in [0.5, 0.6) is 5.75 Å². The Labute approximate surface area is 155 Å². The molecule has 0 fully saturated rings. The van der Waals surface area contributed by atoms with Crippen molar-refractivity contribution < 1.29 is 13.9 Å². The monoisotopic (exact) mass is 383 g/mol. The second-order valence-electron chi connectivity index (χ2n) is 6.28. The average Bonchev–Trinajstić information content (AvgIpc) is 3.16. The number of furan rings is 1. The third-order valence-electron chi connectivity index (χ3n) is 4.60. The van der Waals surface area contributed by atoms with Crippen LogP contribution < -0.4 is 5.43 Å². The van der Waals surface area contributed by atoms with E-state index in [-0.39, 0.29) is 21.8 Å². The molecule has 27 heavy (non-hydrogen) atoms. The largest absolute Gasteiger partial charge is 0.507 e. The first-order chi connectivity index (χ1) is 12.9. The molecular formula is C19H11ClFN3O3. The average molecular weight is 384 g/mol. The summed E-state index contributed by atoms with van der Waals surface area (Å²) in [5.41, 5.74) is 2.50. The van der Waals surface area contributed by atoms with Crippen LogP contribution in [0.1, 0.15) is 0 Å². The summed E-state index contributed by atoms with van der Waals surface area (Å²) in [7, 11) is 1.79. The first-order valence-electron chi connectivity index (χ1n) is 8.03. The summed E-state index contributed by atoms with van der Waals surface area (Å²) < 4.78 is 21.3. The van der Waals surface area contributed by atoms with Gasteiger partial charge < -0.3 is 14.6 Å². The number of aromatic amines is 1. The smallest absolute Gasteiger partial charge is 0.186 e. The zero-order valence-electron chi connectivity index (χ0n) is 13.9. The number of halogens is 2. The number of aromatic hydroxyl groups is 1. The quantitative estimate of drug-likeness (QED) is 0.451. The summed E-state index contributed by atoms with van der Waals surface area (Å²) in [6.07, 6.45) is 1.75. The van der Waals surface area contributed by atoms with Crippen molar-refractivity contribution in [2.24, 2.45) is 7.05 Å². The van der Waals surface area contributed by atoms with E-state index in [1.54, 1.807) is 24.0 Å². The maximum absolute atomic E-state index is 13.7. The van der Waals surface area contributed by atoms with Crippen LogP contribution in [0, 0.1) is 5.82 Å². The van der Waals surface area contributed by atoms with Gasteiger partial charge in [0.2, 0.25) is 0 Å². The first kappa shape index (κ1) is 15.9. The van der Waals surface area contributed by atoms with Crippen LogP contribution in [0.25, 0.3) is 44.2 Å². The number of aryl methyl sites for hydroxylation is 1. The molecule has 0 unspecified atom stereocenters. The highest BCUT2D eigenvalue weighted by atomic mass is 35.5. The van der Waals surface area contributed by atoms with E-state index >= 15 is 0 Å². The molecule has 134 valence electrons. The van der Waals surface area contributed by atoms with Crippen molar-refractivity contribution in [3.63, 3.8) is 0 Å². The van der Waals surface area contributed by atoms with Crippen LogP contribution in [-0.2, 0) is 7.05 Å². The number of phenols is 1. The van der Waals surface area contributed by atoms with E-state index in [2.05, 4.69) is 10.1 Å². The van der Waals surface area contributed by atoms with Crippen molar-refractivity contribution in [1.82, 2.24) is 14.8 Å². The second kappa shape index (κ2) is 5.34. The van der Waals surface area contributed by atoms with E-state index in [1.807, 2.05) is 0 Å². The summed E-state index contributed by atoms with van der Waals surface area (Å²) in [5.74, 6) is -0.732. The predicted molar refractivity (Wildman–Crippen MR) is 101 cm³/mol. The van der Waals surface area contributed by atoms with Gasteiger partial charge in [-0.3, -0.25) is 9.48 Å². The Bertz CT molecular complexity index is 1450. The lowest BCUT2D eigenvalue weighted by atomic mass is 10.0. The van der Waals surface area contributed by atoms with Gasteiger partial charge in [-0.05, 0) is 17.7 Å². The molecule has 0 bridgehead atoms. The molecule has 0 saturated carbocycles. The maximum Gasteiger partial charge on any atom is 0.186 e. The van der Waals surface area contributed by atoms with Crippen LogP contribution >= 0.6 is 11.6 Å². The molecule has 3 aromatic heterocycles. The Morgan fingerprint density at radius 1 is 1.30 bits per heavy atom. The molecule has 2 aromatic carbocycles. The minimum Gasteiger partial charge on any atom is -0.507 e. The number of phenolic OH excluding ortho intramolecular Hbond substituents is 1. The van der Waals surface area contributed by atoms with Crippen molar-refractivity contribution >= 4 is 44.7 Å². The van der Waals surface area contributed by atoms with Gasteiger partial charge in [-0.2, -0.15) is 0 Å². The fourth-order valence-corrected chi connectivity index (χ4v) is 3.58. The molecule has 5 aromatic rings. The normalized spacial score (nSPS) is 11.8. The highest BCUT2D eigenvalue weighted by Crippen LogP contribution is 2.41. The highest BCUT2D eigenvalue weighted by Gasteiger charge is 2.22. The van der Waals surface area contributed by atoms with Crippen LogP contribution in [-0.4, -0.2) is 19.9 Å². The number of nitrogens with zero attached hydrogens (tertiary/aromatic N) is 2. The molecule has 3 heterocycles. The van der Waals surface area contributed by atoms with Crippen molar-refractivity contribution in [2.45, 2.75) is 0 Å². The van der Waals surface area contributed by atoms with Gasteiger partial charge in [0.15, 0.2) is 16.7 Å². The number of rotatable bonds is 1. The lowest BCUT2D eigenvalue weighted by molar-refractivity contribution is 0.481. The molecule has 5 rings (SSSR count). The number of hydrogen-bond donors (Lipinski definition) is 2. The van der Waals surface area contributed by atoms with Crippen LogP contribution in [0.15, 0.2) is 45.7 Å². The van der Waals surface area contributed by atoms with E-state index in [0.29, 0.717) is 33.3 Å². The van der Waals surface area contributed by atoms with Gasteiger partial charge in [0.25, 0.3) is 0 Å². The minimum atomic E-state index is -0.528. The van der Waals surface area contributed by atoms with Crippen molar-refractivity contribution in [3.8, 4) is 16.9 Å². The number of hydrogen-bond acceptors (Lipinski definition) is 4. The molecule has 0 atom stereocenters. The van der Waals surface area contributed by atoms with E-state index in [9.17, 15) is 14.3 Å². The molecule has 0 aliphatic carbocycles. The predicted octanol–water partition coefficient (Wildman–Crippen LogP) is 4.33. The fourth-order valence-electron chi connectivity index (χ4n) is 3.40. The molecule has 0 radical (unpaired) electrons. The van der Waals surface area contributed by atoms with Gasteiger partial charge in [0.05, 0.1) is 10.4 Å². The standard InChI is InChI=1S/C19H11ClFN3O3/c1-24-19-10(7-22-24)15(8-2-3-12(21)11(20)4-8)18-17(23-19)16-13(26)5-9(25)6-14(16)27-18/h2-7,22,26H,1H3. The number of benzene rings is 2. The van der Waals surface area contributed by atoms with Crippen molar-refractivity contribution in [2.75, 3.05) is 0 Å². The molecule has 2 N–H and O–H groups in total. The number of aromatic nitrogens is 3. The van der Waals surface area contributed by atoms with Gasteiger partial charge in [-0.1, -0.05) is 17.7 Å². The number of fused-ring (bicyclic) bond motifs is 4. The van der Waals surface area contributed by atoms with Crippen LogP contribution in [0.3, 0.4) is 0 Å². The zero-order chi connectivity index (χ0) is 18.9. The Kier molecular flexibility index (Phi) is 3.14. The van der Waals surface area contributed by atoms with E-state index < -0.39 is 5.82 Å². The Morgan fingerprint density at radius 2 is 2.11 bits per heavy atom. The highest BCUT2D eigenvalue weighted by molar-refractivity contribution is 6.31. The summed E-state index contributed by atoms with van der Waals surface area (Å²) in [6.45, 7) is 0. The summed E-state index contributed by atoms with van der Waals surface area (Å²) in [4.78, 5) is 16.4. The Hall–Kier alpha value is -3.32. The van der Waals surface area contributed by atoms with E-state index in [4.69, 9.17) is 16.0 Å². The Balaban J connectivity index is 2.04. The molecular weight excluding hydrogens is 373 g/mol. The summed E-state index contributed by atoms with van der Waals surface area (Å²) >= 11 is 5.98. The third kappa shape index (κ3) is 2.18. The van der Waals surface area contributed by atoms with Crippen LogP contribution in [0.4, 0.5) is 4.39 Å². The van der Waals surface area contributed by atoms with Gasteiger partial charge in [-0.15, -0.1) is 0 Å². The third-order valence-corrected chi connectivity index (χ3v) is 4.89. The lowest BCUT2D eigenvalue weighted by Crippen LogP contribution is -1.95. The maximum atomic E-state index is 13.7. The minimum absolute atomic E-state index is 0.0219. The fraction of sp³-hybridized carbons (Fsp3) is 0.0526. The van der Waals surface area contributed by atoms with Crippen LogP contribution in [0.2, 0.25) is 5.02 Å². The van der Waals surface area contributed by atoms with E-state index in [0.717, 1.165) is 11.5 Å². The van der Waals surface area contributed by atoms with Crippen molar-refractivity contribution in [3.05, 3.63) is 57.6 Å². The van der Waals surface area contributed by atoms with E-state index in [1.165, 1.54) is 18.2 Å². The molecule has 0 aliphatic rings. The number of nitrogens with one attached hydrogen (secondary N) is 1. The lowest BCUT2D eigenvalue weighted by Gasteiger charge is -2.06. The molecule has 0 amide bonds. The number of pyridine rings is 1. The SMILES string of the molecule is Cn1[nH]cc2c(-c3ccc(F)c(Cl)c3)c3oc4cc(=O)cc(O)c4c3nc21. The Morgan fingerprint density at radius 3 is 2.89 bits per heavy atom.